The van der Waals surface area contributed by atoms with Gasteiger partial charge >= 0.3 is 5.97 Å². The van der Waals surface area contributed by atoms with Gasteiger partial charge in [0.25, 0.3) is 0 Å². The summed E-state index contributed by atoms with van der Waals surface area (Å²) in [6.45, 7) is 2.73. The van der Waals surface area contributed by atoms with Gasteiger partial charge in [0.05, 0.1) is 12.6 Å². The lowest BCUT2D eigenvalue weighted by Gasteiger charge is -2.42. The monoisotopic (exact) mass is 451 g/mol. The maximum absolute atomic E-state index is 12.6. The average Bonchev–Trinajstić information content (AvgIpc) is 3.34. The summed E-state index contributed by atoms with van der Waals surface area (Å²) in [7, 11) is 1.82. The molecule has 0 aromatic rings. The van der Waals surface area contributed by atoms with Gasteiger partial charge in [-0.1, -0.05) is 6.42 Å². The van der Waals surface area contributed by atoms with E-state index in [9.17, 15) is 9.59 Å². The fourth-order valence-corrected chi connectivity index (χ4v) is 5.44. The van der Waals surface area contributed by atoms with Crippen LogP contribution in [0.3, 0.4) is 0 Å². The molecule has 0 radical (unpaired) electrons. The Bertz CT molecular complexity index is 653. The second kappa shape index (κ2) is 12.4. The van der Waals surface area contributed by atoms with Crippen LogP contribution in [-0.2, 0) is 14.3 Å². The zero-order valence-electron chi connectivity index (χ0n) is 19.4. The van der Waals surface area contributed by atoms with Gasteiger partial charge in [0, 0.05) is 20.0 Å². The molecule has 0 aromatic heterocycles. The summed E-state index contributed by atoms with van der Waals surface area (Å²) < 4.78 is 5.54. The van der Waals surface area contributed by atoms with Crippen molar-refractivity contribution in [1.82, 2.24) is 21.1 Å². The summed E-state index contributed by atoms with van der Waals surface area (Å²) in [5.41, 5.74) is 8.08. The molecule has 0 bridgehead atoms. The minimum Gasteiger partial charge on any atom is -0.464 e. The van der Waals surface area contributed by atoms with Gasteiger partial charge in [-0.3, -0.25) is 9.59 Å². The molecule has 3 fully saturated rings. The molecule has 182 valence electrons. The van der Waals surface area contributed by atoms with Gasteiger partial charge in [-0.25, -0.2) is 11.4 Å². The molecule has 1 saturated carbocycles. The zero-order chi connectivity index (χ0) is 22.9. The maximum atomic E-state index is 12.6. The van der Waals surface area contributed by atoms with E-state index in [1.807, 2.05) is 7.05 Å². The van der Waals surface area contributed by atoms with Crippen LogP contribution in [0.2, 0.25) is 0 Å². The quantitative estimate of drug-likeness (QED) is 0.0781. The SMILES string of the molecule is CN(CCCOC(=O)C1CC2CC(CC/C(N)=N/NN)CCC2CN1)C(=O)C1CCCN1. The molecule has 0 spiro atoms. The molecule has 3 aliphatic rings. The Hall–Kier alpha value is -1.91. The summed E-state index contributed by atoms with van der Waals surface area (Å²) in [5, 5.41) is 10.5. The lowest BCUT2D eigenvalue weighted by atomic mass is 9.69. The normalized spacial score (nSPS) is 30.4. The molecule has 0 aromatic carbocycles. The highest BCUT2D eigenvalue weighted by Gasteiger charge is 2.38. The second-order valence-corrected chi connectivity index (χ2v) is 9.60. The third-order valence-electron chi connectivity index (χ3n) is 7.33. The molecule has 5 atom stereocenters. The standard InChI is InChI=1S/C22H41N7O3/c1-29(21(30)18-4-2-9-25-18)10-3-11-32-22(31)19-13-17-12-15(5-7-16(17)14-26-19)6-8-20(23)27-28-24/h15-19,25-26,28H,2-14,24H2,1H3,(H2,23,27). The van der Waals surface area contributed by atoms with Crippen molar-refractivity contribution >= 4 is 17.7 Å². The van der Waals surface area contributed by atoms with Crippen molar-refractivity contribution in [2.24, 2.45) is 34.4 Å². The largest absolute Gasteiger partial charge is 0.464 e. The topological polar surface area (TPSA) is 147 Å². The first-order valence-corrected chi connectivity index (χ1v) is 12.1. The van der Waals surface area contributed by atoms with Gasteiger partial charge in [-0.05, 0) is 75.8 Å². The highest BCUT2D eigenvalue weighted by atomic mass is 16.5. The first kappa shape index (κ1) is 24.7. The Balaban J connectivity index is 1.34. The number of nitrogens with zero attached hydrogens (tertiary/aromatic N) is 2. The molecule has 2 saturated heterocycles. The Morgan fingerprint density at radius 3 is 2.75 bits per heavy atom. The number of likely N-dealkylation sites (N-methyl/N-ethyl adjacent to an activating group) is 1. The van der Waals surface area contributed by atoms with E-state index in [1.54, 1.807) is 4.90 Å². The minimum atomic E-state index is -0.231. The van der Waals surface area contributed by atoms with Crippen molar-refractivity contribution in [3.05, 3.63) is 0 Å². The molecular weight excluding hydrogens is 410 g/mol. The Labute approximate surface area is 191 Å². The summed E-state index contributed by atoms with van der Waals surface area (Å²) in [6, 6.07) is -0.285. The maximum Gasteiger partial charge on any atom is 0.323 e. The van der Waals surface area contributed by atoms with E-state index in [0.717, 1.165) is 51.6 Å². The lowest BCUT2D eigenvalue weighted by Crippen LogP contribution is -2.50. The molecule has 10 heteroatoms. The van der Waals surface area contributed by atoms with Gasteiger partial charge < -0.3 is 26.0 Å². The van der Waals surface area contributed by atoms with Crippen LogP contribution in [0.25, 0.3) is 0 Å². The summed E-state index contributed by atoms with van der Waals surface area (Å²) >= 11 is 0. The fraction of sp³-hybridized carbons (Fsp3) is 0.864. The van der Waals surface area contributed by atoms with Crippen LogP contribution in [0.1, 0.15) is 57.8 Å². The Morgan fingerprint density at radius 2 is 2.00 bits per heavy atom. The van der Waals surface area contributed by atoms with Crippen molar-refractivity contribution in [2.45, 2.75) is 69.9 Å². The van der Waals surface area contributed by atoms with Crippen LogP contribution < -0.4 is 27.7 Å². The molecule has 1 amide bonds. The molecule has 2 heterocycles. The Morgan fingerprint density at radius 1 is 1.16 bits per heavy atom. The number of amides is 1. The number of amidine groups is 1. The molecule has 5 unspecified atom stereocenters. The van der Waals surface area contributed by atoms with Crippen LogP contribution >= 0.6 is 0 Å². The van der Waals surface area contributed by atoms with Gasteiger partial charge in [-0.15, -0.1) is 0 Å². The predicted molar refractivity (Wildman–Crippen MR) is 123 cm³/mol. The van der Waals surface area contributed by atoms with E-state index < -0.39 is 0 Å². The first-order chi connectivity index (χ1) is 15.5. The summed E-state index contributed by atoms with van der Waals surface area (Å²) in [4.78, 5) is 26.7. The van der Waals surface area contributed by atoms with Crippen LogP contribution in [-0.4, -0.2) is 68.0 Å². The lowest BCUT2D eigenvalue weighted by molar-refractivity contribution is -0.148. The number of hydrazine groups is 1. The fourth-order valence-electron chi connectivity index (χ4n) is 5.44. The summed E-state index contributed by atoms with van der Waals surface area (Å²) in [5.74, 6) is 7.47. The van der Waals surface area contributed by atoms with Crippen molar-refractivity contribution in [3.8, 4) is 0 Å². The van der Waals surface area contributed by atoms with E-state index >= 15 is 0 Å². The number of hydrogen-bond acceptors (Lipinski definition) is 8. The van der Waals surface area contributed by atoms with Crippen molar-refractivity contribution in [3.63, 3.8) is 0 Å². The number of nitrogens with one attached hydrogen (secondary N) is 3. The number of fused-ring (bicyclic) bond motifs is 1. The van der Waals surface area contributed by atoms with Crippen LogP contribution in [0, 0.1) is 17.8 Å². The molecular formula is C22H41N7O3. The van der Waals surface area contributed by atoms with E-state index in [4.69, 9.17) is 16.3 Å². The van der Waals surface area contributed by atoms with Crippen molar-refractivity contribution in [1.29, 1.82) is 0 Å². The van der Waals surface area contributed by atoms with Gasteiger partial charge in [0.1, 0.15) is 11.9 Å². The average molecular weight is 452 g/mol. The van der Waals surface area contributed by atoms with Crippen LogP contribution in [0.5, 0.6) is 0 Å². The predicted octanol–water partition coefficient (Wildman–Crippen LogP) is 0.0402. The van der Waals surface area contributed by atoms with Gasteiger partial charge in [0.15, 0.2) is 0 Å². The molecule has 1 aliphatic carbocycles. The highest BCUT2D eigenvalue weighted by molar-refractivity contribution is 5.82. The minimum absolute atomic E-state index is 0.0534. The first-order valence-electron chi connectivity index (χ1n) is 12.1. The van der Waals surface area contributed by atoms with E-state index in [2.05, 4.69) is 21.3 Å². The van der Waals surface area contributed by atoms with Crippen LogP contribution in [0.4, 0.5) is 0 Å². The summed E-state index contributed by atoms with van der Waals surface area (Å²) in [6.07, 6.45) is 8.70. The number of carbonyl (C=O) groups is 2. The second-order valence-electron chi connectivity index (χ2n) is 9.60. The number of nitrogens with two attached hydrogens (primary N) is 2. The number of hydrogen-bond donors (Lipinski definition) is 5. The van der Waals surface area contributed by atoms with E-state index in [-0.39, 0.29) is 24.0 Å². The van der Waals surface area contributed by atoms with E-state index in [0.29, 0.717) is 43.2 Å². The molecule has 32 heavy (non-hydrogen) atoms. The Kier molecular flexibility index (Phi) is 9.55. The number of ether oxygens (including phenoxy) is 1. The zero-order valence-corrected chi connectivity index (χ0v) is 19.4. The van der Waals surface area contributed by atoms with Crippen molar-refractivity contribution < 1.29 is 14.3 Å². The van der Waals surface area contributed by atoms with Gasteiger partial charge in [0.2, 0.25) is 5.91 Å². The number of hydrazone groups is 1. The molecule has 7 N–H and O–H groups in total. The van der Waals surface area contributed by atoms with Crippen molar-refractivity contribution in [2.75, 3.05) is 33.3 Å². The number of esters is 1. The number of piperidine rings is 1. The van der Waals surface area contributed by atoms with Crippen LogP contribution in [0.15, 0.2) is 5.10 Å². The number of rotatable bonds is 10. The van der Waals surface area contributed by atoms with E-state index in [1.165, 1.54) is 12.8 Å². The number of carbonyl (C=O) groups excluding carboxylic acids is 2. The molecule has 2 aliphatic heterocycles. The molecule has 3 rings (SSSR count). The third-order valence-corrected chi connectivity index (χ3v) is 7.33. The highest BCUT2D eigenvalue weighted by Crippen LogP contribution is 2.40. The third kappa shape index (κ3) is 7.05. The van der Waals surface area contributed by atoms with Gasteiger partial charge in [-0.2, -0.15) is 5.10 Å². The molecule has 10 nitrogen and oxygen atoms in total. The smallest absolute Gasteiger partial charge is 0.323 e.